The molecule has 162 valence electrons. The first-order valence-electron chi connectivity index (χ1n) is 10.3. The summed E-state index contributed by atoms with van der Waals surface area (Å²) < 4.78 is 12.0. The lowest BCUT2D eigenvalue weighted by atomic mass is 10.0. The third-order valence-electron chi connectivity index (χ3n) is 5.61. The molecule has 1 unspecified atom stereocenters. The third kappa shape index (κ3) is 4.45. The molecule has 1 saturated heterocycles. The van der Waals surface area contributed by atoms with Crippen LogP contribution in [0.3, 0.4) is 0 Å². The Morgan fingerprint density at radius 3 is 2.48 bits per heavy atom. The number of morpholine rings is 1. The van der Waals surface area contributed by atoms with E-state index in [-0.39, 0.29) is 23.2 Å². The molecule has 1 aliphatic heterocycles. The molecule has 1 atom stereocenters. The van der Waals surface area contributed by atoms with E-state index in [4.69, 9.17) is 9.47 Å². The topological polar surface area (TPSA) is 85.7 Å². The van der Waals surface area contributed by atoms with Crippen LogP contribution in [-0.2, 0) is 11.8 Å². The molecule has 3 aromatic rings. The molecule has 0 spiro atoms. The highest BCUT2D eigenvalue weighted by Crippen LogP contribution is 2.24. The molecule has 1 amide bonds. The molecule has 0 bridgehead atoms. The summed E-state index contributed by atoms with van der Waals surface area (Å²) in [6, 6.07) is 14.9. The number of benzene rings is 2. The molecule has 2 aromatic carbocycles. The largest absolute Gasteiger partial charge is 0.497 e. The monoisotopic (exact) mass is 422 g/mol. The van der Waals surface area contributed by atoms with Gasteiger partial charge >= 0.3 is 0 Å². The first-order valence-corrected chi connectivity index (χ1v) is 10.3. The van der Waals surface area contributed by atoms with E-state index in [0.29, 0.717) is 30.5 Å². The summed E-state index contributed by atoms with van der Waals surface area (Å²) in [5.74, 6) is 0.480. The van der Waals surface area contributed by atoms with Crippen molar-refractivity contribution in [1.82, 2.24) is 20.0 Å². The summed E-state index contributed by atoms with van der Waals surface area (Å²) in [6.07, 6.45) is 0. The summed E-state index contributed by atoms with van der Waals surface area (Å²) in [4.78, 5) is 27.7. The average molecular weight is 422 g/mol. The van der Waals surface area contributed by atoms with Crippen molar-refractivity contribution in [3.8, 4) is 5.75 Å². The highest BCUT2D eigenvalue weighted by molar-refractivity contribution is 6.04. The molecule has 1 aliphatic rings. The van der Waals surface area contributed by atoms with Crippen molar-refractivity contribution in [2.45, 2.75) is 6.04 Å². The van der Waals surface area contributed by atoms with Gasteiger partial charge in [-0.15, -0.1) is 0 Å². The first-order chi connectivity index (χ1) is 15.1. The van der Waals surface area contributed by atoms with Gasteiger partial charge in [-0.05, 0) is 23.8 Å². The Hall–Kier alpha value is -3.23. The second-order valence-corrected chi connectivity index (χ2v) is 7.47. The Balaban J connectivity index is 1.59. The summed E-state index contributed by atoms with van der Waals surface area (Å²) in [6.45, 7) is 3.30. The van der Waals surface area contributed by atoms with Crippen molar-refractivity contribution in [1.29, 1.82) is 0 Å². The van der Waals surface area contributed by atoms with Gasteiger partial charge in [-0.2, -0.15) is 5.10 Å². The highest BCUT2D eigenvalue weighted by Gasteiger charge is 2.24. The predicted octanol–water partition coefficient (Wildman–Crippen LogP) is 1.75. The number of hydrogen-bond donors (Lipinski definition) is 1. The van der Waals surface area contributed by atoms with Gasteiger partial charge in [0.2, 0.25) is 0 Å². The van der Waals surface area contributed by atoms with Crippen molar-refractivity contribution in [2.24, 2.45) is 7.05 Å². The van der Waals surface area contributed by atoms with E-state index < -0.39 is 0 Å². The maximum atomic E-state index is 13.1. The maximum absolute atomic E-state index is 13.1. The van der Waals surface area contributed by atoms with Gasteiger partial charge in [-0.1, -0.05) is 30.3 Å². The van der Waals surface area contributed by atoms with Crippen LogP contribution in [0.25, 0.3) is 10.8 Å². The molecule has 1 N–H and O–H groups in total. The van der Waals surface area contributed by atoms with Gasteiger partial charge in [0.1, 0.15) is 5.75 Å². The van der Waals surface area contributed by atoms with Crippen LogP contribution in [0.5, 0.6) is 5.75 Å². The van der Waals surface area contributed by atoms with Crippen LogP contribution < -0.4 is 15.6 Å². The molecule has 0 radical (unpaired) electrons. The minimum atomic E-state index is -0.307. The van der Waals surface area contributed by atoms with Gasteiger partial charge in [0.15, 0.2) is 5.69 Å². The Morgan fingerprint density at radius 2 is 1.81 bits per heavy atom. The van der Waals surface area contributed by atoms with E-state index in [1.54, 1.807) is 38.4 Å². The Morgan fingerprint density at radius 1 is 1.13 bits per heavy atom. The van der Waals surface area contributed by atoms with E-state index >= 15 is 0 Å². The normalized spacial score (nSPS) is 15.5. The Kier molecular flexibility index (Phi) is 6.29. The molecule has 8 nitrogen and oxygen atoms in total. The third-order valence-corrected chi connectivity index (χ3v) is 5.61. The fraction of sp³-hybridized carbons (Fsp3) is 0.348. The van der Waals surface area contributed by atoms with Crippen LogP contribution in [-0.4, -0.2) is 60.5 Å². The van der Waals surface area contributed by atoms with E-state index in [0.717, 1.165) is 24.4 Å². The summed E-state index contributed by atoms with van der Waals surface area (Å²) in [5.41, 5.74) is 1.10. The molecule has 2 heterocycles. The predicted molar refractivity (Wildman–Crippen MR) is 117 cm³/mol. The second-order valence-electron chi connectivity index (χ2n) is 7.47. The van der Waals surface area contributed by atoms with Crippen LogP contribution in [0.15, 0.2) is 53.3 Å². The number of aryl methyl sites for hydroxylation is 1. The van der Waals surface area contributed by atoms with Gasteiger partial charge in [0.05, 0.1) is 31.8 Å². The number of hydrogen-bond acceptors (Lipinski definition) is 6. The van der Waals surface area contributed by atoms with E-state index in [9.17, 15) is 9.59 Å². The molecule has 0 saturated carbocycles. The van der Waals surface area contributed by atoms with E-state index in [1.165, 1.54) is 4.68 Å². The Labute approximate surface area is 180 Å². The fourth-order valence-corrected chi connectivity index (χ4v) is 3.91. The van der Waals surface area contributed by atoms with Crippen LogP contribution in [0.4, 0.5) is 0 Å². The van der Waals surface area contributed by atoms with Gasteiger partial charge < -0.3 is 14.8 Å². The molecule has 1 fully saturated rings. The minimum Gasteiger partial charge on any atom is -0.497 e. The quantitative estimate of drug-likeness (QED) is 0.651. The van der Waals surface area contributed by atoms with E-state index in [1.807, 2.05) is 24.3 Å². The number of methoxy groups -OCH3 is 1. The van der Waals surface area contributed by atoms with Crippen LogP contribution in [0.1, 0.15) is 22.1 Å². The van der Waals surface area contributed by atoms with Gasteiger partial charge in [-0.3, -0.25) is 14.5 Å². The van der Waals surface area contributed by atoms with Gasteiger partial charge in [0.25, 0.3) is 11.5 Å². The number of fused-ring (bicyclic) bond motifs is 1. The molecule has 1 aromatic heterocycles. The smallest absolute Gasteiger partial charge is 0.274 e. The van der Waals surface area contributed by atoms with Crippen LogP contribution in [0, 0.1) is 0 Å². The molecule has 31 heavy (non-hydrogen) atoms. The lowest BCUT2D eigenvalue weighted by molar-refractivity contribution is 0.0162. The van der Waals surface area contributed by atoms with Crippen LogP contribution in [0.2, 0.25) is 0 Å². The molecule has 0 aliphatic carbocycles. The van der Waals surface area contributed by atoms with Crippen molar-refractivity contribution >= 4 is 16.7 Å². The number of nitrogens with zero attached hydrogens (tertiary/aromatic N) is 3. The van der Waals surface area contributed by atoms with Crippen LogP contribution >= 0.6 is 0 Å². The SMILES string of the molecule is COc1ccc(C(CNC(=O)c2nn(C)c(=O)c3ccccc23)N2CCOCC2)cc1. The number of rotatable bonds is 6. The van der Waals surface area contributed by atoms with Crippen molar-refractivity contribution in [3.05, 3.63) is 70.1 Å². The highest BCUT2D eigenvalue weighted by atomic mass is 16.5. The lowest BCUT2D eigenvalue weighted by Gasteiger charge is -2.35. The number of nitrogens with one attached hydrogen (secondary N) is 1. The molecule has 8 heteroatoms. The van der Waals surface area contributed by atoms with Gasteiger partial charge in [-0.25, -0.2) is 4.68 Å². The second kappa shape index (κ2) is 9.28. The summed E-state index contributed by atoms with van der Waals surface area (Å²) in [7, 11) is 3.19. The van der Waals surface area contributed by atoms with Crippen molar-refractivity contribution in [3.63, 3.8) is 0 Å². The van der Waals surface area contributed by atoms with Gasteiger partial charge in [0, 0.05) is 32.1 Å². The maximum Gasteiger partial charge on any atom is 0.274 e. The first kappa shape index (κ1) is 21.0. The number of ether oxygens (including phenoxy) is 2. The number of carbonyl (C=O) groups is 1. The number of carbonyl (C=O) groups excluding carboxylic acids is 1. The number of amides is 1. The van der Waals surface area contributed by atoms with Crippen molar-refractivity contribution in [2.75, 3.05) is 40.0 Å². The molecular formula is C23H26N4O4. The number of aromatic nitrogens is 2. The fourth-order valence-electron chi connectivity index (χ4n) is 3.91. The summed E-state index contributed by atoms with van der Waals surface area (Å²) >= 11 is 0. The molecule has 4 rings (SSSR count). The Bertz CT molecular complexity index is 1120. The summed E-state index contributed by atoms with van der Waals surface area (Å²) in [5, 5.41) is 8.29. The molecular weight excluding hydrogens is 396 g/mol. The average Bonchev–Trinajstić information content (AvgIpc) is 2.82. The van der Waals surface area contributed by atoms with Crippen molar-refractivity contribution < 1.29 is 14.3 Å². The lowest BCUT2D eigenvalue weighted by Crippen LogP contribution is -2.44. The standard InChI is InChI=1S/C23H26N4O4/c1-26-23(29)19-6-4-3-5-18(19)21(25-26)22(28)24-15-20(27-11-13-31-14-12-27)16-7-9-17(30-2)10-8-16/h3-10,20H,11-15H2,1-2H3,(H,24,28). The zero-order chi connectivity index (χ0) is 21.8. The zero-order valence-electron chi connectivity index (χ0n) is 17.7. The van der Waals surface area contributed by atoms with E-state index in [2.05, 4.69) is 15.3 Å². The zero-order valence-corrected chi connectivity index (χ0v) is 17.7. The minimum absolute atomic E-state index is 0.0162.